The Kier molecular flexibility index (Phi) is 4.97. The van der Waals surface area contributed by atoms with Crippen molar-refractivity contribution in [3.63, 3.8) is 0 Å². The summed E-state index contributed by atoms with van der Waals surface area (Å²) in [5, 5.41) is 2.02. The van der Waals surface area contributed by atoms with Gasteiger partial charge in [-0.25, -0.2) is 4.79 Å². The van der Waals surface area contributed by atoms with E-state index in [1.165, 1.54) is 4.90 Å². The van der Waals surface area contributed by atoms with Gasteiger partial charge in [-0.3, -0.25) is 9.69 Å². The minimum absolute atomic E-state index is 0.0228. The first-order chi connectivity index (χ1) is 11.6. The van der Waals surface area contributed by atoms with E-state index >= 15 is 0 Å². The molecule has 126 valence electrons. The maximum absolute atomic E-state index is 12.7. The Morgan fingerprint density at radius 1 is 1.12 bits per heavy atom. The highest BCUT2D eigenvalue weighted by molar-refractivity contribution is 7.10. The van der Waals surface area contributed by atoms with E-state index in [0.29, 0.717) is 13.1 Å². The van der Waals surface area contributed by atoms with E-state index in [9.17, 15) is 9.59 Å². The van der Waals surface area contributed by atoms with Crippen LogP contribution in [0.15, 0.2) is 47.8 Å². The minimum atomic E-state index is -0.202. The molecule has 1 saturated heterocycles. The van der Waals surface area contributed by atoms with Crippen LogP contribution in [0.5, 0.6) is 0 Å². The molecule has 1 atom stereocenters. The zero-order valence-electron chi connectivity index (χ0n) is 13.9. The van der Waals surface area contributed by atoms with Gasteiger partial charge in [0.25, 0.3) is 0 Å². The van der Waals surface area contributed by atoms with Crippen molar-refractivity contribution in [2.45, 2.75) is 12.6 Å². The molecule has 0 bridgehead atoms. The van der Waals surface area contributed by atoms with Crippen LogP contribution in [-0.2, 0) is 11.3 Å². The molecule has 3 rings (SSSR count). The van der Waals surface area contributed by atoms with Crippen LogP contribution >= 0.6 is 11.3 Å². The van der Waals surface area contributed by atoms with Crippen LogP contribution in [0.4, 0.5) is 4.79 Å². The molecule has 1 aliphatic heterocycles. The number of carbonyl (C=O) groups excluding carboxylic acids is 2. The second kappa shape index (κ2) is 7.15. The molecular formula is C18H21N3O2S. The lowest BCUT2D eigenvalue weighted by Crippen LogP contribution is -2.39. The third-order valence-electron chi connectivity index (χ3n) is 4.20. The topological polar surface area (TPSA) is 43.9 Å². The van der Waals surface area contributed by atoms with Crippen molar-refractivity contribution in [2.24, 2.45) is 0 Å². The van der Waals surface area contributed by atoms with E-state index in [4.69, 9.17) is 0 Å². The molecule has 5 nitrogen and oxygen atoms in total. The lowest BCUT2D eigenvalue weighted by atomic mass is 10.2. The zero-order chi connectivity index (χ0) is 17.1. The van der Waals surface area contributed by atoms with Crippen molar-refractivity contribution in [1.29, 1.82) is 0 Å². The quantitative estimate of drug-likeness (QED) is 0.758. The van der Waals surface area contributed by atoms with Crippen molar-refractivity contribution in [3.8, 4) is 0 Å². The lowest BCUT2D eigenvalue weighted by molar-refractivity contribution is -0.125. The van der Waals surface area contributed by atoms with E-state index in [-0.39, 0.29) is 24.5 Å². The summed E-state index contributed by atoms with van der Waals surface area (Å²) in [6.07, 6.45) is 0. The van der Waals surface area contributed by atoms with Gasteiger partial charge in [0.15, 0.2) is 0 Å². The van der Waals surface area contributed by atoms with E-state index in [2.05, 4.69) is 0 Å². The van der Waals surface area contributed by atoms with Crippen LogP contribution in [-0.4, -0.2) is 53.8 Å². The Morgan fingerprint density at radius 2 is 1.88 bits per heavy atom. The maximum atomic E-state index is 12.7. The number of rotatable bonds is 6. The number of amides is 3. The summed E-state index contributed by atoms with van der Waals surface area (Å²) in [5.74, 6) is -0.126. The second-order valence-corrected chi connectivity index (χ2v) is 7.10. The normalized spacial score (nSPS) is 16.3. The van der Waals surface area contributed by atoms with Crippen molar-refractivity contribution in [2.75, 3.05) is 27.2 Å². The first-order valence-electron chi connectivity index (χ1n) is 7.89. The molecule has 0 unspecified atom stereocenters. The fourth-order valence-electron chi connectivity index (χ4n) is 2.86. The third kappa shape index (κ3) is 3.49. The largest absolute Gasteiger partial charge is 0.327 e. The van der Waals surface area contributed by atoms with Gasteiger partial charge in [-0.05, 0) is 31.1 Å². The molecular weight excluding hydrogens is 322 g/mol. The number of imide groups is 1. The number of hydrogen-bond acceptors (Lipinski definition) is 4. The summed E-state index contributed by atoms with van der Waals surface area (Å²) in [4.78, 5) is 31.2. The zero-order valence-corrected chi connectivity index (χ0v) is 14.7. The Morgan fingerprint density at radius 3 is 2.50 bits per heavy atom. The van der Waals surface area contributed by atoms with Gasteiger partial charge in [-0.1, -0.05) is 36.4 Å². The minimum Gasteiger partial charge on any atom is -0.311 e. The Labute approximate surface area is 146 Å². The van der Waals surface area contributed by atoms with Crippen LogP contribution < -0.4 is 0 Å². The summed E-state index contributed by atoms with van der Waals surface area (Å²) >= 11 is 1.64. The number of likely N-dealkylation sites (N-methyl/N-ethyl adjacent to an activating group) is 1. The summed E-state index contributed by atoms with van der Waals surface area (Å²) in [6, 6.07) is 13.6. The SMILES string of the molecule is CN(C)[C@H](CN1C(=O)CN(Cc2ccccc2)C1=O)c1cccs1. The standard InChI is InChI=1S/C18H21N3O2S/c1-19(2)15(16-9-6-10-24-16)12-21-17(22)13-20(18(21)23)11-14-7-4-3-5-8-14/h3-10,15H,11-13H2,1-2H3/t15-/m1/s1. The number of urea groups is 1. The third-order valence-corrected chi connectivity index (χ3v) is 5.17. The van der Waals surface area contributed by atoms with Gasteiger partial charge >= 0.3 is 6.03 Å². The number of carbonyl (C=O) groups is 2. The average Bonchev–Trinajstić information content (AvgIpc) is 3.16. The monoisotopic (exact) mass is 343 g/mol. The van der Waals surface area contributed by atoms with Gasteiger partial charge in [-0.15, -0.1) is 11.3 Å². The Bertz CT molecular complexity index is 700. The van der Waals surface area contributed by atoms with Gasteiger partial charge in [0.1, 0.15) is 6.54 Å². The molecule has 1 aliphatic rings. The predicted octanol–water partition coefficient (Wildman–Crippen LogP) is 2.82. The number of hydrogen-bond donors (Lipinski definition) is 0. The molecule has 0 spiro atoms. The molecule has 0 saturated carbocycles. The van der Waals surface area contributed by atoms with Crippen molar-refractivity contribution in [1.82, 2.24) is 14.7 Å². The lowest BCUT2D eigenvalue weighted by Gasteiger charge is -2.27. The van der Waals surface area contributed by atoms with Gasteiger partial charge in [-0.2, -0.15) is 0 Å². The number of benzene rings is 1. The Balaban J connectivity index is 1.72. The summed E-state index contributed by atoms with van der Waals surface area (Å²) in [6.45, 7) is 1.00. The molecule has 24 heavy (non-hydrogen) atoms. The molecule has 0 radical (unpaired) electrons. The van der Waals surface area contributed by atoms with E-state index in [1.54, 1.807) is 16.2 Å². The molecule has 0 N–H and O–H groups in total. The van der Waals surface area contributed by atoms with Crippen molar-refractivity contribution < 1.29 is 9.59 Å². The summed E-state index contributed by atoms with van der Waals surface area (Å²) in [5.41, 5.74) is 1.03. The van der Waals surface area contributed by atoms with Gasteiger partial charge < -0.3 is 9.80 Å². The van der Waals surface area contributed by atoms with Crippen LogP contribution in [0.25, 0.3) is 0 Å². The first kappa shape index (κ1) is 16.7. The van der Waals surface area contributed by atoms with Crippen LogP contribution in [0.2, 0.25) is 0 Å². The molecule has 2 aromatic rings. The molecule has 1 fully saturated rings. The van der Waals surface area contributed by atoms with E-state index in [1.807, 2.05) is 66.8 Å². The molecule has 0 aliphatic carbocycles. The van der Waals surface area contributed by atoms with Gasteiger partial charge in [0.2, 0.25) is 5.91 Å². The van der Waals surface area contributed by atoms with Gasteiger partial charge in [0.05, 0.1) is 12.6 Å². The van der Waals surface area contributed by atoms with Gasteiger partial charge in [0, 0.05) is 11.4 Å². The number of thiophene rings is 1. The van der Waals surface area contributed by atoms with Crippen molar-refractivity contribution in [3.05, 3.63) is 58.3 Å². The van der Waals surface area contributed by atoms with E-state index < -0.39 is 0 Å². The van der Waals surface area contributed by atoms with Crippen LogP contribution in [0, 0.1) is 0 Å². The highest BCUT2D eigenvalue weighted by Crippen LogP contribution is 2.26. The van der Waals surface area contributed by atoms with Crippen LogP contribution in [0.3, 0.4) is 0 Å². The predicted molar refractivity (Wildman–Crippen MR) is 94.7 cm³/mol. The number of nitrogens with zero attached hydrogens (tertiary/aromatic N) is 3. The molecule has 1 aromatic carbocycles. The Hall–Kier alpha value is -2.18. The van der Waals surface area contributed by atoms with E-state index in [0.717, 1.165) is 10.4 Å². The summed E-state index contributed by atoms with van der Waals surface area (Å²) < 4.78 is 0. The fraction of sp³-hybridized carbons (Fsp3) is 0.333. The smallest absolute Gasteiger partial charge is 0.311 e. The highest BCUT2D eigenvalue weighted by Gasteiger charge is 2.37. The second-order valence-electron chi connectivity index (χ2n) is 6.12. The highest BCUT2D eigenvalue weighted by atomic mass is 32.1. The fourth-order valence-corrected chi connectivity index (χ4v) is 3.78. The first-order valence-corrected chi connectivity index (χ1v) is 8.77. The summed E-state index contributed by atoms with van der Waals surface area (Å²) in [7, 11) is 3.94. The molecule has 2 heterocycles. The molecule has 1 aromatic heterocycles. The average molecular weight is 343 g/mol. The van der Waals surface area contributed by atoms with Crippen LogP contribution in [0.1, 0.15) is 16.5 Å². The molecule has 6 heteroatoms. The maximum Gasteiger partial charge on any atom is 0.327 e. The molecule has 3 amide bonds. The van der Waals surface area contributed by atoms with Crippen molar-refractivity contribution >= 4 is 23.3 Å².